The molecule has 0 bridgehead atoms. The van der Waals surface area contributed by atoms with E-state index < -0.39 is 0 Å². The van der Waals surface area contributed by atoms with E-state index in [-0.39, 0.29) is 31.3 Å². The van der Waals surface area contributed by atoms with Crippen LogP contribution in [0.2, 0.25) is 0 Å². The van der Waals surface area contributed by atoms with Gasteiger partial charge >= 0.3 is 0 Å². The quantitative estimate of drug-likeness (QED) is 0.615. The summed E-state index contributed by atoms with van der Waals surface area (Å²) >= 11 is 0. The van der Waals surface area contributed by atoms with Crippen molar-refractivity contribution in [3.63, 3.8) is 0 Å². The molecule has 0 saturated heterocycles. The molecule has 1 aliphatic rings. The van der Waals surface area contributed by atoms with Gasteiger partial charge in [0.15, 0.2) is 17.3 Å². The zero-order chi connectivity index (χ0) is 19.3. The maximum atomic E-state index is 12.0. The molecule has 1 amide bonds. The first-order valence-electron chi connectivity index (χ1n) is 8.48. The number of ether oxygens (including phenoxy) is 2. The Bertz CT molecular complexity index is 1070. The number of nitrogens with zero attached hydrogens (tertiary/aromatic N) is 5. The predicted molar refractivity (Wildman–Crippen MR) is 98.0 cm³/mol. The lowest BCUT2D eigenvalue weighted by atomic mass is 10.2. The fourth-order valence-corrected chi connectivity index (χ4v) is 2.58. The van der Waals surface area contributed by atoms with Gasteiger partial charge in [-0.3, -0.25) is 9.59 Å². The molecule has 4 rings (SSSR count). The summed E-state index contributed by atoms with van der Waals surface area (Å²) in [5, 5.41) is 10.9. The summed E-state index contributed by atoms with van der Waals surface area (Å²) in [7, 11) is 0. The molecular formula is C18H16N6O4. The van der Waals surface area contributed by atoms with E-state index >= 15 is 0 Å². The molecule has 0 radical (unpaired) electrons. The van der Waals surface area contributed by atoms with Crippen molar-refractivity contribution in [1.29, 1.82) is 0 Å². The van der Waals surface area contributed by atoms with E-state index in [4.69, 9.17) is 9.47 Å². The SMILES string of the molecule is O=C(C=Cc1ccc2c(c1)OCO2)NCCn1nc(-n2cncn2)ccc1=O. The highest BCUT2D eigenvalue weighted by atomic mass is 16.7. The molecule has 0 aliphatic carbocycles. The fourth-order valence-electron chi connectivity index (χ4n) is 2.58. The Morgan fingerprint density at radius 3 is 2.96 bits per heavy atom. The Balaban J connectivity index is 1.33. The Kier molecular flexibility index (Phi) is 4.83. The summed E-state index contributed by atoms with van der Waals surface area (Å²) in [6, 6.07) is 8.37. The van der Waals surface area contributed by atoms with Crippen molar-refractivity contribution >= 4 is 12.0 Å². The third kappa shape index (κ3) is 3.90. The lowest BCUT2D eigenvalue weighted by Gasteiger charge is -2.07. The summed E-state index contributed by atoms with van der Waals surface area (Å²) < 4.78 is 13.3. The van der Waals surface area contributed by atoms with Gasteiger partial charge in [-0.15, -0.1) is 5.10 Å². The second-order valence-corrected chi connectivity index (χ2v) is 5.83. The molecule has 10 nitrogen and oxygen atoms in total. The minimum absolute atomic E-state index is 0.203. The Labute approximate surface area is 159 Å². The molecule has 0 unspecified atom stereocenters. The van der Waals surface area contributed by atoms with Crippen LogP contribution in [0.3, 0.4) is 0 Å². The molecule has 142 valence electrons. The second kappa shape index (κ2) is 7.74. The van der Waals surface area contributed by atoms with Crippen LogP contribution in [0.15, 0.2) is 53.9 Å². The number of amides is 1. The molecule has 0 spiro atoms. The van der Waals surface area contributed by atoms with Crippen molar-refractivity contribution in [2.45, 2.75) is 6.54 Å². The number of aromatic nitrogens is 5. The molecule has 1 aromatic carbocycles. The van der Waals surface area contributed by atoms with E-state index in [0.717, 1.165) is 5.56 Å². The minimum Gasteiger partial charge on any atom is -0.454 e. The third-order valence-corrected chi connectivity index (χ3v) is 3.95. The van der Waals surface area contributed by atoms with Crippen molar-refractivity contribution in [3.05, 3.63) is 65.0 Å². The second-order valence-electron chi connectivity index (χ2n) is 5.83. The average molecular weight is 380 g/mol. The van der Waals surface area contributed by atoms with Gasteiger partial charge in [0.1, 0.15) is 12.7 Å². The zero-order valence-electron chi connectivity index (χ0n) is 14.7. The third-order valence-electron chi connectivity index (χ3n) is 3.95. The molecule has 0 fully saturated rings. The van der Waals surface area contributed by atoms with E-state index in [1.165, 1.54) is 34.2 Å². The molecule has 10 heteroatoms. The number of nitrogens with one attached hydrogen (secondary N) is 1. The van der Waals surface area contributed by atoms with Crippen LogP contribution < -0.4 is 20.3 Å². The minimum atomic E-state index is -0.279. The molecule has 0 atom stereocenters. The first-order valence-corrected chi connectivity index (χ1v) is 8.48. The van der Waals surface area contributed by atoms with Gasteiger partial charge in [-0.25, -0.2) is 14.3 Å². The van der Waals surface area contributed by atoms with E-state index in [1.54, 1.807) is 24.3 Å². The molecule has 1 N–H and O–H groups in total. The van der Waals surface area contributed by atoms with Gasteiger partial charge in [-0.1, -0.05) is 6.07 Å². The summed E-state index contributed by atoms with van der Waals surface area (Å²) in [5.74, 6) is 1.53. The molecular weight excluding hydrogens is 364 g/mol. The monoisotopic (exact) mass is 380 g/mol. The van der Waals surface area contributed by atoms with Crippen LogP contribution in [0.5, 0.6) is 11.5 Å². The topological polar surface area (TPSA) is 113 Å². The number of hydrogen-bond donors (Lipinski definition) is 1. The summed E-state index contributed by atoms with van der Waals surface area (Å²) in [5.41, 5.74) is 0.548. The maximum Gasteiger partial charge on any atom is 0.266 e. The summed E-state index contributed by atoms with van der Waals surface area (Å²) in [6.45, 7) is 0.678. The van der Waals surface area contributed by atoms with Crippen LogP contribution >= 0.6 is 0 Å². The molecule has 3 aromatic rings. The Morgan fingerprint density at radius 1 is 1.21 bits per heavy atom. The lowest BCUT2D eigenvalue weighted by molar-refractivity contribution is -0.116. The molecule has 0 saturated carbocycles. The van der Waals surface area contributed by atoms with Gasteiger partial charge < -0.3 is 14.8 Å². The van der Waals surface area contributed by atoms with Gasteiger partial charge in [0, 0.05) is 18.7 Å². The largest absolute Gasteiger partial charge is 0.454 e. The van der Waals surface area contributed by atoms with E-state index in [0.29, 0.717) is 17.3 Å². The molecule has 1 aliphatic heterocycles. The van der Waals surface area contributed by atoms with Crippen LogP contribution in [-0.4, -0.2) is 43.8 Å². The average Bonchev–Trinajstić information content (AvgIpc) is 3.39. The van der Waals surface area contributed by atoms with Crippen molar-refractivity contribution in [2.75, 3.05) is 13.3 Å². The molecule has 3 heterocycles. The number of rotatable bonds is 6. The Morgan fingerprint density at radius 2 is 2.11 bits per heavy atom. The Hall–Kier alpha value is -3.95. The van der Waals surface area contributed by atoms with Crippen LogP contribution in [0, 0.1) is 0 Å². The van der Waals surface area contributed by atoms with E-state index in [9.17, 15) is 9.59 Å². The van der Waals surface area contributed by atoms with Crippen LogP contribution in [0.4, 0.5) is 0 Å². The number of fused-ring (bicyclic) bond motifs is 1. The highest BCUT2D eigenvalue weighted by Crippen LogP contribution is 2.32. The van der Waals surface area contributed by atoms with Gasteiger partial charge in [-0.2, -0.15) is 5.10 Å². The van der Waals surface area contributed by atoms with Gasteiger partial charge in [0.2, 0.25) is 12.7 Å². The predicted octanol–water partition coefficient (Wildman–Crippen LogP) is 0.382. The van der Waals surface area contributed by atoms with Crippen molar-refractivity contribution < 1.29 is 14.3 Å². The summed E-state index contributed by atoms with van der Waals surface area (Å²) in [4.78, 5) is 27.8. The number of carbonyl (C=O) groups excluding carboxylic acids is 1. The fraction of sp³-hybridized carbons (Fsp3) is 0.167. The lowest BCUT2D eigenvalue weighted by Crippen LogP contribution is -2.31. The van der Waals surface area contributed by atoms with Gasteiger partial charge in [0.05, 0.1) is 6.54 Å². The highest BCUT2D eigenvalue weighted by Gasteiger charge is 2.12. The summed E-state index contributed by atoms with van der Waals surface area (Å²) in [6.07, 6.45) is 5.95. The zero-order valence-corrected chi connectivity index (χ0v) is 14.7. The van der Waals surface area contributed by atoms with Crippen LogP contribution in [-0.2, 0) is 11.3 Å². The van der Waals surface area contributed by atoms with Gasteiger partial charge in [0.25, 0.3) is 5.56 Å². The van der Waals surface area contributed by atoms with Crippen LogP contribution in [0.25, 0.3) is 11.9 Å². The molecule has 28 heavy (non-hydrogen) atoms. The number of carbonyl (C=O) groups is 1. The normalized spacial score (nSPS) is 12.4. The van der Waals surface area contributed by atoms with E-state index in [1.807, 2.05) is 6.07 Å². The number of hydrogen-bond acceptors (Lipinski definition) is 7. The highest BCUT2D eigenvalue weighted by molar-refractivity contribution is 5.91. The first-order chi connectivity index (χ1) is 13.7. The van der Waals surface area contributed by atoms with Crippen molar-refractivity contribution in [1.82, 2.24) is 29.9 Å². The first kappa shape index (κ1) is 17.5. The van der Waals surface area contributed by atoms with Crippen molar-refractivity contribution in [3.8, 4) is 17.3 Å². The van der Waals surface area contributed by atoms with Gasteiger partial charge in [-0.05, 0) is 29.8 Å². The van der Waals surface area contributed by atoms with Crippen LogP contribution in [0.1, 0.15) is 5.56 Å². The molecule has 2 aromatic heterocycles. The van der Waals surface area contributed by atoms with E-state index in [2.05, 4.69) is 20.5 Å². The van der Waals surface area contributed by atoms with Crippen molar-refractivity contribution in [2.24, 2.45) is 0 Å². The smallest absolute Gasteiger partial charge is 0.266 e. The number of benzene rings is 1. The standard InChI is InChI=1S/C18H16N6O4/c25-17(5-2-13-1-3-14-15(9-13)28-12-27-14)20-7-8-23-18(26)6-4-16(22-23)24-11-19-10-21-24/h1-6,9-11H,7-8,12H2,(H,20,25). The maximum absolute atomic E-state index is 12.0.